The van der Waals surface area contributed by atoms with Crippen LogP contribution in [0.2, 0.25) is 0 Å². The average molecular weight is 626 g/mol. The fourth-order valence-corrected chi connectivity index (χ4v) is 7.54. The van der Waals surface area contributed by atoms with Crippen molar-refractivity contribution in [2.45, 2.75) is 5.41 Å². The molecule has 49 heavy (non-hydrogen) atoms. The van der Waals surface area contributed by atoms with Crippen molar-refractivity contribution in [2.75, 3.05) is 0 Å². The van der Waals surface area contributed by atoms with Crippen molar-refractivity contribution in [3.05, 3.63) is 211 Å². The molecule has 1 aliphatic rings. The fourth-order valence-electron chi connectivity index (χ4n) is 7.54. The maximum atomic E-state index is 5.06. The van der Waals surface area contributed by atoms with Gasteiger partial charge in [-0.25, -0.2) is 9.97 Å². The normalized spacial score (nSPS) is 14.6. The van der Waals surface area contributed by atoms with E-state index < -0.39 is 5.41 Å². The minimum absolute atomic E-state index is 0.467. The Labute approximate surface area is 286 Å². The molecule has 8 aromatic rings. The maximum absolute atomic E-state index is 5.06. The highest BCUT2D eigenvalue weighted by molar-refractivity contribution is 5.95. The topological polar surface area (TPSA) is 38.7 Å². The maximum Gasteiger partial charge on any atom is 0.160 e. The van der Waals surface area contributed by atoms with Crippen molar-refractivity contribution in [1.82, 2.24) is 15.0 Å². The number of hydrogen-bond donors (Lipinski definition) is 0. The standard InChI is InChI=1S/C46H31N3/c1-4-13-33(14-5-1)42-31-43(34-15-6-2-7-16-34)49-45(48-42)35-25-23-32(24-26-35)38-20-12-22-41-44(38)39-19-10-11-21-40(39)46(41,36-17-8-3-9-18-36)37-27-29-47-30-28-37/h1-31H. The van der Waals surface area contributed by atoms with Crippen molar-refractivity contribution in [2.24, 2.45) is 0 Å². The Morgan fingerprint density at radius 2 is 0.878 bits per heavy atom. The summed E-state index contributed by atoms with van der Waals surface area (Å²) in [5.41, 5.74) is 14.3. The van der Waals surface area contributed by atoms with Gasteiger partial charge in [0.2, 0.25) is 0 Å². The molecular formula is C46H31N3. The second-order valence-corrected chi connectivity index (χ2v) is 12.4. The van der Waals surface area contributed by atoms with Gasteiger partial charge < -0.3 is 0 Å². The summed E-state index contributed by atoms with van der Waals surface area (Å²) >= 11 is 0. The molecule has 2 heterocycles. The molecule has 0 fully saturated rings. The van der Waals surface area contributed by atoms with Crippen LogP contribution in [0.15, 0.2) is 188 Å². The van der Waals surface area contributed by atoms with E-state index in [0.717, 1.165) is 33.6 Å². The van der Waals surface area contributed by atoms with E-state index in [1.54, 1.807) is 0 Å². The van der Waals surface area contributed by atoms with E-state index in [-0.39, 0.29) is 0 Å². The van der Waals surface area contributed by atoms with Crippen molar-refractivity contribution < 1.29 is 0 Å². The van der Waals surface area contributed by atoms with Crippen LogP contribution >= 0.6 is 0 Å². The van der Waals surface area contributed by atoms with Crippen LogP contribution in [0.25, 0.3) is 56.2 Å². The first kappa shape index (κ1) is 28.7. The first-order valence-electron chi connectivity index (χ1n) is 16.6. The Kier molecular flexibility index (Phi) is 7.02. The molecule has 0 saturated carbocycles. The lowest BCUT2D eigenvalue weighted by Crippen LogP contribution is -2.28. The molecule has 9 rings (SSSR count). The number of nitrogens with zero attached hydrogens (tertiary/aromatic N) is 3. The van der Waals surface area contributed by atoms with Gasteiger partial charge in [0.1, 0.15) is 0 Å². The summed E-state index contributed by atoms with van der Waals surface area (Å²) in [5.74, 6) is 0.705. The zero-order valence-electron chi connectivity index (χ0n) is 26.7. The van der Waals surface area contributed by atoms with E-state index in [9.17, 15) is 0 Å². The molecule has 1 unspecified atom stereocenters. The highest BCUT2D eigenvalue weighted by Crippen LogP contribution is 2.58. The molecule has 1 atom stereocenters. The number of hydrogen-bond acceptors (Lipinski definition) is 3. The predicted octanol–water partition coefficient (Wildman–Crippen LogP) is 10.9. The molecular weight excluding hydrogens is 595 g/mol. The van der Waals surface area contributed by atoms with Crippen molar-refractivity contribution in [3.8, 4) is 56.2 Å². The highest BCUT2D eigenvalue weighted by Gasteiger charge is 2.46. The molecule has 2 aromatic heterocycles. The van der Waals surface area contributed by atoms with Gasteiger partial charge in [-0.2, -0.15) is 0 Å². The third-order valence-corrected chi connectivity index (χ3v) is 9.71. The molecule has 3 heteroatoms. The summed E-state index contributed by atoms with van der Waals surface area (Å²) in [6, 6.07) is 62.2. The molecule has 0 radical (unpaired) electrons. The van der Waals surface area contributed by atoms with Gasteiger partial charge in [-0.15, -0.1) is 0 Å². The van der Waals surface area contributed by atoms with Crippen LogP contribution in [-0.2, 0) is 5.41 Å². The third kappa shape index (κ3) is 4.78. The molecule has 0 N–H and O–H groups in total. The van der Waals surface area contributed by atoms with Gasteiger partial charge in [0.15, 0.2) is 5.82 Å². The van der Waals surface area contributed by atoms with Crippen LogP contribution in [0, 0.1) is 0 Å². The number of fused-ring (bicyclic) bond motifs is 3. The van der Waals surface area contributed by atoms with Crippen LogP contribution in [-0.4, -0.2) is 15.0 Å². The molecule has 0 bridgehead atoms. The Morgan fingerprint density at radius 3 is 1.53 bits per heavy atom. The lowest BCUT2D eigenvalue weighted by molar-refractivity contribution is 0.766. The number of pyridine rings is 1. The quantitative estimate of drug-likeness (QED) is 0.185. The average Bonchev–Trinajstić information content (AvgIpc) is 3.50. The summed E-state index contributed by atoms with van der Waals surface area (Å²) in [7, 11) is 0. The Bertz CT molecular complexity index is 2310. The van der Waals surface area contributed by atoms with Gasteiger partial charge in [-0.05, 0) is 62.7 Å². The van der Waals surface area contributed by atoms with Gasteiger partial charge in [-0.3, -0.25) is 4.98 Å². The predicted molar refractivity (Wildman–Crippen MR) is 199 cm³/mol. The smallest absolute Gasteiger partial charge is 0.160 e. The van der Waals surface area contributed by atoms with Crippen LogP contribution < -0.4 is 0 Å². The number of aromatic nitrogens is 3. The second kappa shape index (κ2) is 12.0. The second-order valence-electron chi connectivity index (χ2n) is 12.4. The third-order valence-electron chi connectivity index (χ3n) is 9.71. The number of rotatable bonds is 6. The largest absolute Gasteiger partial charge is 0.265 e. The van der Waals surface area contributed by atoms with E-state index in [0.29, 0.717) is 5.82 Å². The van der Waals surface area contributed by atoms with Gasteiger partial charge >= 0.3 is 0 Å². The van der Waals surface area contributed by atoms with Crippen LogP contribution in [0.5, 0.6) is 0 Å². The van der Waals surface area contributed by atoms with Crippen molar-refractivity contribution >= 4 is 0 Å². The molecule has 0 saturated heterocycles. The van der Waals surface area contributed by atoms with Crippen LogP contribution in [0.4, 0.5) is 0 Å². The summed E-state index contributed by atoms with van der Waals surface area (Å²) in [5, 5.41) is 0. The summed E-state index contributed by atoms with van der Waals surface area (Å²) in [4.78, 5) is 14.5. The first-order valence-corrected chi connectivity index (χ1v) is 16.6. The van der Waals surface area contributed by atoms with E-state index >= 15 is 0 Å². The van der Waals surface area contributed by atoms with Gasteiger partial charge in [0.25, 0.3) is 0 Å². The Balaban J connectivity index is 1.20. The molecule has 6 aromatic carbocycles. The first-order chi connectivity index (χ1) is 24.3. The molecule has 0 amide bonds. The monoisotopic (exact) mass is 625 g/mol. The summed E-state index contributed by atoms with van der Waals surface area (Å²) in [6.45, 7) is 0. The zero-order chi connectivity index (χ0) is 32.6. The van der Waals surface area contributed by atoms with Crippen molar-refractivity contribution in [1.29, 1.82) is 0 Å². The van der Waals surface area contributed by atoms with E-state index in [1.807, 2.05) is 48.8 Å². The van der Waals surface area contributed by atoms with E-state index in [1.165, 1.54) is 38.9 Å². The molecule has 0 spiro atoms. The molecule has 3 nitrogen and oxygen atoms in total. The Morgan fingerprint density at radius 1 is 0.367 bits per heavy atom. The fraction of sp³-hybridized carbons (Fsp3) is 0.0217. The molecule has 1 aliphatic carbocycles. The molecule has 230 valence electrons. The highest BCUT2D eigenvalue weighted by atomic mass is 14.9. The van der Waals surface area contributed by atoms with Crippen LogP contribution in [0.3, 0.4) is 0 Å². The minimum Gasteiger partial charge on any atom is -0.265 e. The molecule has 0 aliphatic heterocycles. The van der Waals surface area contributed by atoms with E-state index in [4.69, 9.17) is 9.97 Å². The van der Waals surface area contributed by atoms with Gasteiger partial charge in [0.05, 0.1) is 16.8 Å². The SMILES string of the molecule is c1ccc(-c2cc(-c3ccccc3)nc(-c3ccc(-c4cccc5c4-c4ccccc4C5(c4ccccc4)c4ccncc4)cc3)n2)cc1. The van der Waals surface area contributed by atoms with Crippen molar-refractivity contribution in [3.63, 3.8) is 0 Å². The Hall–Kier alpha value is -6.45. The summed E-state index contributed by atoms with van der Waals surface area (Å²) < 4.78 is 0. The van der Waals surface area contributed by atoms with E-state index in [2.05, 4.69) is 145 Å². The van der Waals surface area contributed by atoms with Gasteiger partial charge in [0, 0.05) is 29.1 Å². The summed E-state index contributed by atoms with van der Waals surface area (Å²) in [6.07, 6.45) is 3.81. The van der Waals surface area contributed by atoms with Gasteiger partial charge in [-0.1, -0.05) is 158 Å². The minimum atomic E-state index is -0.467. The van der Waals surface area contributed by atoms with Crippen LogP contribution in [0.1, 0.15) is 22.3 Å². The number of benzene rings is 6. The zero-order valence-corrected chi connectivity index (χ0v) is 26.7. The lowest BCUT2D eigenvalue weighted by atomic mass is 9.68. The lowest BCUT2D eigenvalue weighted by Gasteiger charge is -2.33.